The van der Waals surface area contributed by atoms with Crippen molar-refractivity contribution in [2.45, 2.75) is 25.8 Å². The summed E-state index contributed by atoms with van der Waals surface area (Å²) >= 11 is 0. The first kappa shape index (κ1) is 16.9. The van der Waals surface area contributed by atoms with Crippen LogP contribution in [0.15, 0.2) is 0 Å². The van der Waals surface area contributed by atoms with Crippen LogP contribution in [0.25, 0.3) is 0 Å². The van der Waals surface area contributed by atoms with Crippen molar-refractivity contribution < 1.29 is 9.59 Å². The molecule has 0 spiro atoms. The monoisotopic (exact) mass is 284 g/mol. The molecule has 2 amide bonds. The van der Waals surface area contributed by atoms with Crippen LogP contribution in [0.3, 0.4) is 0 Å². The zero-order chi connectivity index (χ0) is 15.1. The first-order chi connectivity index (χ1) is 9.43. The largest absolute Gasteiger partial charge is 0.348 e. The molecular weight excluding hydrogens is 256 g/mol. The van der Waals surface area contributed by atoms with Crippen LogP contribution in [0.4, 0.5) is 0 Å². The van der Waals surface area contributed by atoms with Gasteiger partial charge >= 0.3 is 0 Å². The summed E-state index contributed by atoms with van der Waals surface area (Å²) in [4.78, 5) is 28.9. The van der Waals surface area contributed by atoms with Gasteiger partial charge in [0.15, 0.2) is 0 Å². The van der Waals surface area contributed by atoms with Gasteiger partial charge in [-0.15, -0.1) is 0 Å². The highest BCUT2D eigenvalue weighted by Gasteiger charge is 2.21. The van der Waals surface area contributed by atoms with Gasteiger partial charge in [-0.05, 0) is 19.8 Å². The number of likely N-dealkylation sites (tertiary alicyclic amines) is 1. The Bertz CT molecular complexity index is 325. The lowest BCUT2D eigenvalue weighted by molar-refractivity contribution is -0.130. The van der Waals surface area contributed by atoms with Crippen LogP contribution < -0.4 is 5.32 Å². The summed E-state index contributed by atoms with van der Waals surface area (Å²) in [6.45, 7) is 5.44. The van der Waals surface area contributed by atoms with Crippen LogP contribution in [0, 0.1) is 0 Å². The first-order valence-corrected chi connectivity index (χ1v) is 7.33. The molecule has 0 aromatic heterocycles. The van der Waals surface area contributed by atoms with E-state index in [-0.39, 0.29) is 11.8 Å². The number of carbonyl (C=O) groups excluding carboxylic acids is 2. The molecule has 0 unspecified atom stereocenters. The summed E-state index contributed by atoms with van der Waals surface area (Å²) in [5.41, 5.74) is 0. The summed E-state index contributed by atoms with van der Waals surface area (Å²) in [5, 5.41) is 3.32. The summed E-state index contributed by atoms with van der Waals surface area (Å²) in [5.74, 6) is 0.286. The van der Waals surface area contributed by atoms with Gasteiger partial charge in [0.25, 0.3) is 0 Å². The van der Waals surface area contributed by atoms with Gasteiger partial charge in [0.2, 0.25) is 11.8 Å². The lowest BCUT2D eigenvalue weighted by atomic mass is 10.1. The van der Waals surface area contributed by atoms with Gasteiger partial charge in [-0.1, -0.05) is 0 Å². The first-order valence-electron chi connectivity index (χ1n) is 7.33. The molecule has 1 heterocycles. The van der Waals surface area contributed by atoms with Crippen molar-refractivity contribution in [2.75, 3.05) is 53.9 Å². The van der Waals surface area contributed by atoms with Crippen molar-refractivity contribution in [3.8, 4) is 0 Å². The molecule has 0 bridgehead atoms. The molecule has 1 saturated heterocycles. The third kappa shape index (κ3) is 5.46. The predicted molar refractivity (Wildman–Crippen MR) is 79.5 cm³/mol. The van der Waals surface area contributed by atoms with Gasteiger partial charge in [-0.25, -0.2) is 0 Å². The maximum Gasteiger partial charge on any atom is 0.236 e. The number of piperidine rings is 1. The van der Waals surface area contributed by atoms with Crippen LogP contribution in [0.2, 0.25) is 0 Å². The smallest absolute Gasteiger partial charge is 0.236 e. The average Bonchev–Trinajstić information content (AvgIpc) is 2.45. The minimum absolute atomic E-state index is 0.137. The van der Waals surface area contributed by atoms with Crippen molar-refractivity contribution in [2.24, 2.45) is 0 Å². The second-order valence-corrected chi connectivity index (χ2v) is 5.63. The zero-order valence-corrected chi connectivity index (χ0v) is 13.2. The molecule has 0 atom stereocenters. The zero-order valence-electron chi connectivity index (χ0n) is 13.2. The molecular formula is C14H28N4O2. The van der Waals surface area contributed by atoms with Gasteiger partial charge < -0.3 is 15.1 Å². The molecule has 0 aliphatic carbocycles. The Labute approximate surface area is 122 Å². The average molecular weight is 284 g/mol. The van der Waals surface area contributed by atoms with Crippen LogP contribution in [-0.2, 0) is 9.59 Å². The summed E-state index contributed by atoms with van der Waals surface area (Å²) in [7, 11) is 5.39. The number of amides is 2. The molecule has 0 aromatic carbocycles. The SMILES string of the molecule is CCN(C)C(=O)CNC1CCN(CC(=O)N(C)C)CC1. The highest BCUT2D eigenvalue weighted by Crippen LogP contribution is 2.10. The number of nitrogens with zero attached hydrogens (tertiary/aromatic N) is 3. The van der Waals surface area contributed by atoms with Crippen LogP contribution >= 0.6 is 0 Å². The Balaban J connectivity index is 2.22. The van der Waals surface area contributed by atoms with E-state index in [0.29, 0.717) is 19.1 Å². The van der Waals surface area contributed by atoms with E-state index in [4.69, 9.17) is 0 Å². The van der Waals surface area contributed by atoms with Crippen molar-refractivity contribution in [3.05, 3.63) is 0 Å². The molecule has 1 fully saturated rings. The number of hydrogen-bond donors (Lipinski definition) is 1. The molecule has 116 valence electrons. The van der Waals surface area contributed by atoms with E-state index in [0.717, 1.165) is 32.5 Å². The molecule has 6 nitrogen and oxygen atoms in total. The Morgan fingerprint density at radius 1 is 1.15 bits per heavy atom. The van der Waals surface area contributed by atoms with Gasteiger partial charge in [0, 0.05) is 46.8 Å². The van der Waals surface area contributed by atoms with Crippen molar-refractivity contribution >= 4 is 11.8 Å². The molecule has 20 heavy (non-hydrogen) atoms. The molecule has 6 heteroatoms. The molecule has 1 aliphatic heterocycles. The van der Waals surface area contributed by atoms with E-state index in [1.807, 2.05) is 14.0 Å². The van der Waals surface area contributed by atoms with E-state index in [2.05, 4.69) is 10.2 Å². The molecule has 1 aliphatic rings. The normalized spacial score (nSPS) is 17.0. The van der Waals surface area contributed by atoms with E-state index in [9.17, 15) is 9.59 Å². The second kappa shape index (κ2) is 8.21. The second-order valence-electron chi connectivity index (χ2n) is 5.63. The molecule has 0 aromatic rings. The fraction of sp³-hybridized carbons (Fsp3) is 0.857. The van der Waals surface area contributed by atoms with E-state index < -0.39 is 0 Å². The fourth-order valence-corrected chi connectivity index (χ4v) is 2.17. The van der Waals surface area contributed by atoms with Crippen LogP contribution in [-0.4, -0.2) is 86.4 Å². The molecule has 0 radical (unpaired) electrons. The summed E-state index contributed by atoms with van der Waals surface area (Å²) in [6.07, 6.45) is 1.98. The van der Waals surface area contributed by atoms with E-state index >= 15 is 0 Å². The number of carbonyl (C=O) groups is 2. The minimum Gasteiger partial charge on any atom is -0.348 e. The molecule has 1 N–H and O–H groups in total. The highest BCUT2D eigenvalue weighted by atomic mass is 16.2. The number of rotatable bonds is 6. The van der Waals surface area contributed by atoms with Crippen molar-refractivity contribution in [1.29, 1.82) is 0 Å². The van der Waals surface area contributed by atoms with Gasteiger partial charge in [-0.3, -0.25) is 14.5 Å². The quantitative estimate of drug-likeness (QED) is 0.721. The predicted octanol–water partition coefficient (Wildman–Crippen LogP) is -0.393. The topological polar surface area (TPSA) is 55.9 Å². The minimum atomic E-state index is 0.137. The maximum absolute atomic E-state index is 11.7. The lowest BCUT2D eigenvalue weighted by Gasteiger charge is -2.32. The highest BCUT2D eigenvalue weighted by molar-refractivity contribution is 5.78. The van der Waals surface area contributed by atoms with Gasteiger partial charge in [-0.2, -0.15) is 0 Å². The standard InChI is InChI=1S/C14H28N4O2/c1-5-17(4)13(19)10-15-12-6-8-18(9-7-12)11-14(20)16(2)3/h12,15H,5-11H2,1-4H3. The van der Waals surface area contributed by atoms with Crippen LogP contribution in [0.1, 0.15) is 19.8 Å². The molecule has 1 rings (SSSR count). The third-order valence-corrected chi connectivity index (χ3v) is 3.89. The Morgan fingerprint density at radius 2 is 1.75 bits per heavy atom. The summed E-state index contributed by atoms with van der Waals surface area (Å²) < 4.78 is 0. The summed E-state index contributed by atoms with van der Waals surface area (Å²) in [6, 6.07) is 0.384. The van der Waals surface area contributed by atoms with E-state index in [1.54, 1.807) is 23.9 Å². The Hall–Kier alpha value is -1.14. The van der Waals surface area contributed by atoms with Crippen LogP contribution in [0.5, 0.6) is 0 Å². The van der Waals surface area contributed by atoms with Crippen molar-refractivity contribution in [3.63, 3.8) is 0 Å². The van der Waals surface area contributed by atoms with Crippen molar-refractivity contribution in [1.82, 2.24) is 20.0 Å². The van der Waals surface area contributed by atoms with E-state index in [1.165, 1.54) is 0 Å². The number of likely N-dealkylation sites (N-methyl/N-ethyl adjacent to an activating group) is 2. The Kier molecular flexibility index (Phi) is 6.95. The maximum atomic E-state index is 11.7. The van der Waals surface area contributed by atoms with Gasteiger partial charge in [0.05, 0.1) is 13.1 Å². The Morgan fingerprint density at radius 3 is 2.25 bits per heavy atom. The fourth-order valence-electron chi connectivity index (χ4n) is 2.17. The number of hydrogen-bond acceptors (Lipinski definition) is 4. The van der Waals surface area contributed by atoms with Gasteiger partial charge in [0.1, 0.15) is 0 Å². The molecule has 0 saturated carbocycles. The lowest BCUT2D eigenvalue weighted by Crippen LogP contribution is -2.47. The number of nitrogens with one attached hydrogen (secondary N) is 1. The third-order valence-electron chi connectivity index (χ3n) is 3.89.